The number of amides is 2. The summed E-state index contributed by atoms with van der Waals surface area (Å²) in [7, 11) is 1.64. The van der Waals surface area contributed by atoms with Gasteiger partial charge in [0.2, 0.25) is 0 Å². The lowest BCUT2D eigenvalue weighted by atomic mass is 10.2. The van der Waals surface area contributed by atoms with Crippen molar-refractivity contribution < 1.29 is 9.53 Å². The SMILES string of the molecule is COc1cc(C)nc(CN2CC3CNCCN3C2=O)c1. The first kappa shape index (κ1) is 13.2. The van der Waals surface area contributed by atoms with Crippen molar-refractivity contribution in [2.24, 2.45) is 0 Å². The van der Waals surface area contributed by atoms with E-state index in [9.17, 15) is 4.79 Å². The number of aryl methyl sites for hydroxylation is 1. The molecule has 2 fully saturated rings. The third-order valence-corrected chi connectivity index (χ3v) is 3.87. The number of methoxy groups -OCH3 is 1. The number of pyridine rings is 1. The van der Waals surface area contributed by atoms with Gasteiger partial charge in [-0.15, -0.1) is 0 Å². The number of fused-ring (bicyclic) bond motifs is 1. The van der Waals surface area contributed by atoms with Crippen LogP contribution in [-0.4, -0.2) is 60.1 Å². The Balaban J connectivity index is 1.75. The molecule has 0 saturated carbocycles. The molecule has 1 N–H and O–H groups in total. The van der Waals surface area contributed by atoms with Crippen molar-refractivity contribution in [2.45, 2.75) is 19.5 Å². The largest absolute Gasteiger partial charge is 0.497 e. The molecule has 1 unspecified atom stereocenters. The van der Waals surface area contributed by atoms with Crippen molar-refractivity contribution in [3.63, 3.8) is 0 Å². The van der Waals surface area contributed by atoms with Gasteiger partial charge >= 0.3 is 6.03 Å². The van der Waals surface area contributed by atoms with E-state index in [1.54, 1.807) is 7.11 Å². The first-order valence-corrected chi connectivity index (χ1v) is 6.95. The van der Waals surface area contributed by atoms with Gasteiger partial charge in [-0.05, 0) is 6.92 Å². The maximum absolute atomic E-state index is 12.3. The molecule has 0 radical (unpaired) electrons. The zero-order valence-electron chi connectivity index (χ0n) is 11.9. The summed E-state index contributed by atoms with van der Waals surface area (Å²) in [5, 5.41) is 3.33. The van der Waals surface area contributed by atoms with Crippen molar-refractivity contribution in [1.82, 2.24) is 20.1 Å². The average molecular weight is 276 g/mol. The molecule has 1 aromatic heterocycles. The summed E-state index contributed by atoms with van der Waals surface area (Å²) in [6, 6.07) is 4.21. The van der Waals surface area contributed by atoms with Crippen LogP contribution in [0.1, 0.15) is 11.4 Å². The second-order valence-electron chi connectivity index (χ2n) is 5.35. The third-order valence-electron chi connectivity index (χ3n) is 3.87. The zero-order valence-corrected chi connectivity index (χ0v) is 11.9. The molecule has 0 aromatic carbocycles. The van der Waals surface area contributed by atoms with E-state index in [-0.39, 0.29) is 6.03 Å². The number of hydrogen-bond acceptors (Lipinski definition) is 4. The maximum Gasteiger partial charge on any atom is 0.320 e. The summed E-state index contributed by atoms with van der Waals surface area (Å²) in [6.07, 6.45) is 0. The molecule has 0 bridgehead atoms. The summed E-state index contributed by atoms with van der Waals surface area (Å²) in [5.74, 6) is 0.790. The van der Waals surface area contributed by atoms with E-state index >= 15 is 0 Å². The molecule has 6 nitrogen and oxygen atoms in total. The molecular formula is C14H20N4O2. The summed E-state index contributed by atoms with van der Waals surface area (Å²) in [4.78, 5) is 20.7. The number of carbonyl (C=O) groups is 1. The molecule has 2 aliphatic heterocycles. The predicted molar refractivity (Wildman–Crippen MR) is 74.7 cm³/mol. The maximum atomic E-state index is 12.3. The van der Waals surface area contributed by atoms with Crippen molar-refractivity contribution in [1.29, 1.82) is 0 Å². The molecule has 0 spiro atoms. The number of carbonyl (C=O) groups excluding carboxylic acids is 1. The van der Waals surface area contributed by atoms with Crippen LogP contribution >= 0.6 is 0 Å². The molecule has 6 heteroatoms. The van der Waals surface area contributed by atoms with Gasteiger partial charge in [-0.2, -0.15) is 0 Å². The zero-order chi connectivity index (χ0) is 14.1. The number of ether oxygens (including phenoxy) is 1. The van der Waals surface area contributed by atoms with Gasteiger partial charge in [0, 0.05) is 44.0 Å². The fraction of sp³-hybridized carbons (Fsp3) is 0.571. The Bertz CT molecular complexity index is 520. The van der Waals surface area contributed by atoms with Crippen molar-refractivity contribution >= 4 is 6.03 Å². The monoisotopic (exact) mass is 276 g/mol. The Morgan fingerprint density at radius 1 is 1.50 bits per heavy atom. The summed E-state index contributed by atoms with van der Waals surface area (Å²) < 4.78 is 5.26. The van der Waals surface area contributed by atoms with Crippen LogP contribution in [0.15, 0.2) is 12.1 Å². The van der Waals surface area contributed by atoms with Gasteiger partial charge in [0.1, 0.15) is 5.75 Å². The normalized spacial score (nSPS) is 22.1. The number of nitrogens with zero attached hydrogens (tertiary/aromatic N) is 3. The minimum atomic E-state index is 0.124. The van der Waals surface area contributed by atoms with E-state index in [0.29, 0.717) is 12.6 Å². The van der Waals surface area contributed by atoms with Crippen LogP contribution < -0.4 is 10.1 Å². The van der Waals surface area contributed by atoms with Gasteiger partial charge < -0.3 is 19.9 Å². The smallest absolute Gasteiger partial charge is 0.320 e. The molecule has 2 amide bonds. The standard InChI is InChI=1S/C14H20N4O2/c1-10-5-13(20-2)6-11(16-10)8-17-9-12-7-15-3-4-18(12)14(17)19/h5-6,12,15H,3-4,7-9H2,1-2H3. The summed E-state index contributed by atoms with van der Waals surface area (Å²) in [6.45, 7) is 5.81. The van der Waals surface area contributed by atoms with E-state index in [4.69, 9.17) is 4.74 Å². The average Bonchev–Trinajstić information content (AvgIpc) is 2.75. The molecule has 0 aliphatic carbocycles. The molecule has 108 valence electrons. The highest BCUT2D eigenvalue weighted by atomic mass is 16.5. The molecule has 3 rings (SSSR count). The topological polar surface area (TPSA) is 57.7 Å². The number of nitrogens with one attached hydrogen (secondary N) is 1. The van der Waals surface area contributed by atoms with Gasteiger partial charge in [0.05, 0.1) is 25.4 Å². The van der Waals surface area contributed by atoms with Crippen molar-refractivity contribution in [2.75, 3.05) is 33.3 Å². The molecule has 2 aliphatic rings. The second kappa shape index (κ2) is 5.28. The highest BCUT2D eigenvalue weighted by molar-refractivity contribution is 5.77. The van der Waals surface area contributed by atoms with Crippen LogP contribution in [0, 0.1) is 6.92 Å². The van der Waals surface area contributed by atoms with E-state index in [0.717, 1.165) is 43.3 Å². The van der Waals surface area contributed by atoms with Gasteiger partial charge in [-0.3, -0.25) is 4.98 Å². The van der Waals surface area contributed by atoms with Gasteiger partial charge in [-0.1, -0.05) is 0 Å². The van der Waals surface area contributed by atoms with Crippen LogP contribution in [0.5, 0.6) is 5.75 Å². The van der Waals surface area contributed by atoms with Gasteiger partial charge in [-0.25, -0.2) is 4.79 Å². The minimum Gasteiger partial charge on any atom is -0.497 e. The van der Waals surface area contributed by atoms with Crippen LogP contribution in [0.2, 0.25) is 0 Å². The lowest BCUT2D eigenvalue weighted by Crippen LogP contribution is -2.49. The van der Waals surface area contributed by atoms with Crippen LogP contribution in [-0.2, 0) is 6.54 Å². The lowest BCUT2D eigenvalue weighted by Gasteiger charge is -2.28. The highest BCUT2D eigenvalue weighted by Gasteiger charge is 2.38. The van der Waals surface area contributed by atoms with Crippen LogP contribution in [0.3, 0.4) is 0 Å². The Hall–Kier alpha value is -1.82. The van der Waals surface area contributed by atoms with E-state index in [2.05, 4.69) is 10.3 Å². The summed E-state index contributed by atoms with van der Waals surface area (Å²) in [5.41, 5.74) is 1.79. The molecular weight excluding hydrogens is 256 g/mol. The molecule has 2 saturated heterocycles. The highest BCUT2D eigenvalue weighted by Crippen LogP contribution is 2.21. The fourth-order valence-corrected chi connectivity index (χ4v) is 2.92. The minimum absolute atomic E-state index is 0.124. The number of hydrogen-bond donors (Lipinski definition) is 1. The van der Waals surface area contributed by atoms with Crippen LogP contribution in [0.4, 0.5) is 4.79 Å². The predicted octanol–water partition coefficient (Wildman–Crippen LogP) is 0.608. The number of rotatable bonds is 3. The second-order valence-corrected chi connectivity index (χ2v) is 5.35. The molecule has 1 atom stereocenters. The number of urea groups is 1. The van der Waals surface area contributed by atoms with E-state index < -0.39 is 0 Å². The molecule has 20 heavy (non-hydrogen) atoms. The summed E-state index contributed by atoms with van der Waals surface area (Å²) >= 11 is 0. The molecule has 1 aromatic rings. The Morgan fingerprint density at radius 3 is 3.10 bits per heavy atom. The number of aromatic nitrogens is 1. The van der Waals surface area contributed by atoms with Gasteiger partial charge in [0.15, 0.2) is 0 Å². The van der Waals surface area contributed by atoms with Crippen molar-refractivity contribution in [3.05, 3.63) is 23.5 Å². The third kappa shape index (κ3) is 2.43. The Morgan fingerprint density at radius 2 is 2.35 bits per heavy atom. The van der Waals surface area contributed by atoms with Crippen molar-refractivity contribution in [3.8, 4) is 5.75 Å². The first-order chi connectivity index (χ1) is 9.67. The Labute approximate surface area is 118 Å². The van der Waals surface area contributed by atoms with E-state index in [1.165, 1.54) is 0 Å². The lowest BCUT2D eigenvalue weighted by molar-refractivity contribution is 0.178. The quantitative estimate of drug-likeness (QED) is 0.879. The molecule has 3 heterocycles. The van der Waals surface area contributed by atoms with Gasteiger partial charge in [0.25, 0.3) is 0 Å². The fourth-order valence-electron chi connectivity index (χ4n) is 2.92. The first-order valence-electron chi connectivity index (χ1n) is 6.95. The number of piperazine rings is 1. The Kier molecular flexibility index (Phi) is 3.48. The van der Waals surface area contributed by atoms with Crippen LogP contribution in [0.25, 0.3) is 0 Å². The van der Waals surface area contributed by atoms with E-state index in [1.807, 2.05) is 28.9 Å².